The highest BCUT2D eigenvalue weighted by molar-refractivity contribution is 7.89. The Morgan fingerprint density at radius 1 is 1.14 bits per heavy atom. The molecule has 0 saturated carbocycles. The third-order valence-electron chi connectivity index (χ3n) is 4.99. The maximum atomic E-state index is 13.7. The molecule has 8 heteroatoms. The van der Waals surface area contributed by atoms with E-state index < -0.39 is 10.0 Å². The molecule has 3 heterocycles. The average Bonchev–Trinajstić information content (AvgIpc) is 3.17. The standard InChI is InChI=1S/C20H20ClN3O3S/c1-13-5-3-6-16(22-13)17-7-4-12-24(17)28(25,26)20-14-8-11-19(21)23-15(14)9-10-18(20)27-2/h3,5-6,8-11,17H,4,7,12H2,1-2H3. The number of hydrogen-bond acceptors (Lipinski definition) is 5. The normalized spacial score (nSPS) is 17.9. The minimum absolute atomic E-state index is 0.121. The van der Waals surface area contributed by atoms with Gasteiger partial charge in [-0.2, -0.15) is 4.31 Å². The van der Waals surface area contributed by atoms with E-state index in [0.717, 1.165) is 24.2 Å². The Morgan fingerprint density at radius 2 is 1.96 bits per heavy atom. The van der Waals surface area contributed by atoms with Crippen molar-refractivity contribution in [3.05, 3.63) is 59.0 Å². The molecular weight excluding hydrogens is 398 g/mol. The van der Waals surface area contributed by atoms with Gasteiger partial charge in [-0.3, -0.25) is 4.98 Å². The van der Waals surface area contributed by atoms with Crippen LogP contribution in [-0.4, -0.2) is 36.3 Å². The first-order chi connectivity index (χ1) is 13.4. The summed E-state index contributed by atoms with van der Waals surface area (Å²) in [6.07, 6.45) is 1.50. The predicted molar refractivity (Wildman–Crippen MR) is 108 cm³/mol. The van der Waals surface area contributed by atoms with E-state index >= 15 is 0 Å². The predicted octanol–water partition coefficient (Wildman–Crippen LogP) is 4.13. The quantitative estimate of drug-likeness (QED) is 0.597. The van der Waals surface area contributed by atoms with Crippen molar-refractivity contribution in [2.45, 2.75) is 30.7 Å². The second kappa shape index (κ2) is 7.31. The molecule has 2 aromatic heterocycles. The number of benzene rings is 1. The molecule has 1 aliphatic rings. The topological polar surface area (TPSA) is 72.4 Å². The van der Waals surface area contributed by atoms with E-state index in [1.165, 1.54) is 11.4 Å². The molecule has 6 nitrogen and oxygen atoms in total. The lowest BCUT2D eigenvalue weighted by atomic mass is 10.1. The first-order valence-electron chi connectivity index (χ1n) is 9.00. The summed E-state index contributed by atoms with van der Waals surface area (Å²) >= 11 is 5.99. The number of sulfonamides is 1. The first kappa shape index (κ1) is 19.1. The summed E-state index contributed by atoms with van der Waals surface area (Å²) in [6.45, 7) is 2.34. The van der Waals surface area contributed by atoms with Gasteiger partial charge in [-0.25, -0.2) is 13.4 Å². The van der Waals surface area contributed by atoms with Crippen LogP contribution >= 0.6 is 11.6 Å². The van der Waals surface area contributed by atoms with Gasteiger partial charge in [-0.1, -0.05) is 17.7 Å². The second-order valence-electron chi connectivity index (χ2n) is 6.78. The maximum Gasteiger partial charge on any atom is 0.248 e. The SMILES string of the molecule is COc1ccc2nc(Cl)ccc2c1S(=O)(=O)N1CCCC1c1cccc(C)n1. The highest BCUT2D eigenvalue weighted by Gasteiger charge is 2.39. The molecule has 28 heavy (non-hydrogen) atoms. The molecular formula is C20H20ClN3O3S. The van der Waals surface area contributed by atoms with E-state index in [1.807, 2.05) is 25.1 Å². The summed E-state index contributed by atoms with van der Waals surface area (Å²) in [6, 6.07) is 12.0. The zero-order valence-corrected chi connectivity index (χ0v) is 17.2. The summed E-state index contributed by atoms with van der Waals surface area (Å²) in [5, 5.41) is 0.802. The fourth-order valence-corrected chi connectivity index (χ4v) is 5.91. The summed E-state index contributed by atoms with van der Waals surface area (Å²) in [7, 11) is -2.38. The number of aryl methyl sites for hydroxylation is 1. The molecule has 0 bridgehead atoms. The fraction of sp³-hybridized carbons (Fsp3) is 0.300. The molecule has 1 aliphatic heterocycles. The number of aromatic nitrogens is 2. The summed E-state index contributed by atoms with van der Waals surface area (Å²) in [4.78, 5) is 8.94. The third-order valence-corrected chi connectivity index (χ3v) is 7.20. The van der Waals surface area contributed by atoms with Crippen LogP contribution in [0.3, 0.4) is 0 Å². The number of ether oxygens (including phenoxy) is 1. The van der Waals surface area contributed by atoms with Gasteiger partial charge in [0, 0.05) is 17.6 Å². The van der Waals surface area contributed by atoms with Crippen molar-refractivity contribution in [1.29, 1.82) is 0 Å². The van der Waals surface area contributed by atoms with Crippen LogP contribution in [0.1, 0.15) is 30.3 Å². The van der Waals surface area contributed by atoms with E-state index in [9.17, 15) is 8.42 Å². The molecule has 1 unspecified atom stereocenters. The van der Waals surface area contributed by atoms with Crippen LogP contribution in [0, 0.1) is 6.92 Å². The van der Waals surface area contributed by atoms with Crippen LogP contribution in [0.4, 0.5) is 0 Å². The van der Waals surface area contributed by atoms with Gasteiger partial charge >= 0.3 is 0 Å². The zero-order chi connectivity index (χ0) is 19.9. The summed E-state index contributed by atoms with van der Waals surface area (Å²) in [5.41, 5.74) is 2.14. The van der Waals surface area contributed by atoms with Crippen molar-refractivity contribution >= 4 is 32.5 Å². The second-order valence-corrected chi connectivity index (χ2v) is 8.99. The van der Waals surface area contributed by atoms with Gasteiger partial charge < -0.3 is 4.74 Å². The number of hydrogen-bond donors (Lipinski definition) is 0. The van der Waals surface area contributed by atoms with Crippen molar-refractivity contribution in [2.24, 2.45) is 0 Å². The van der Waals surface area contributed by atoms with Gasteiger partial charge in [-0.05, 0) is 56.2 Å². The number of pyridine rings is 2. The molecule has 0 aliphatic carbocycles. The fourth-order valence-electron chi connectivity index (χ4n) is 3.75. The zero-order valence-electron chi connectivity index (χ0n) is 15.6. The van der Waals surface area contributed by atoms with Gasteiger partial charge in [-0.15, -0.1) is 0 Å². The first-order valence-corrected chi connectivity index (χ1v) is 10.8. The van der Waals surface area contributed by atoms with Crippen molar-refractivity contribution in [3.8, 4) is 5.75 Å². The number of nitrogens with zero attached hydrogens (tertiary/aromatic N) is 3. The van der Waals surface area contributed by atoms with Gasteiger partial charge in [0.1, 0.15) is 15.8 Å². The van der Waals surface area contributed by atoms with Crippen molar-refractivity contribution in [2.75, 3.05) is 13.7 Å². The maximum absolute atomic E-state index is 13.7. The molecule has 1 saturated heterocycles. The van der Waals surface area contributed by atoms with E-state index in [1.54, 1.807) is 24.3 Å². The largest absolute Gasteiger partial charge is 0.495 e. The van der Waals surface area contributed by atoms with Crippen molar-refractivity contribution < 1.29 is 13.2 Å². The molecule has 0 amide bonds. The molecule has 0 spiro atoms. The third kappa shape index (κ3) is 3.23. The molecule has 1 aromatic carbocycles. The van der Waals surface area contributed by atoms with Gasteiger partial charge in [0.2, 0.25) is 10.0 Å². The number of halogens is 1. The van der Waals surface area contributed by atoms with Crippen molar-refractivity contribution in [3.63, 3.8) is 0 Å². The molecule has 146 valence electrons. The van der Waals surface area contributed by atoms with Crippen LogP contribution in [0.15, 0.2) is 47.4 Å². The number of fused-ring (bicyclic) bond motifs is 1. The average molecular weight is 418 g/mol. The van der Waals surface area contributed by atoms with Crippen LogP contribution < -0.4 is 4.74 Å². The Bertz CT molecular complexity index is 1150. The molecule has 1 fully saturated rings. The van der Waals surface area contributed by atoms with E-state index in [2.05, 4.69) is 9.97 Å². The Balaban J connectivity index is 1.88. The van der Waals surface area contributed by atoms with Crippen molar-refractivity contribution in [1.82, 2.24) is 14.3 Å². The lowest BCUT2D eigenvalue weighted by molar-refractivity contribution is 0.378. The summed E-state index contributed by atoms with van der Waals surface area (Å²) in [5.74, 6) is 0.291. The van der Waals surface area contributed by atoms with Crippen LogP contribution in [0.25, 0.3) is 10.9 Å². The lowest BCUT2D eigenvalue weighted by Crippen LogP contribution is -2.31. The lowest BCUT2D eigenvalue weighted by Gasteiger charge is -2.25. The Hall–Kier alpha value is -2.22. The Morgan fingerprint density at radius 3 is 2.71 bits per heavy atom. The number of rotatable bonds is 4. The van der Waals surface area contributed by atoms with E-state index in [-0.39, 0.29) is 10.9 Å². The molecule has 0 radical (unpaired) electrons. The van der Waals surface area contributed by atoms with E-state index in [0.29, 0.717) is 28.4 Å². The van der Waals surface area contributed by atoms with Gasteiger partial charge in [0.25, 0.3) is 0 Å². The monoisotopic (exact) mass is 417 g/mol. The van der Waals surface area contributed by atoms with Crippen LogP contribution in [0.5, 0.6) is 5.75 Å². The minimum atomic E-state index is -3.85. The molecule has 0 N–H and O–H groups in total. The smallest absolute Gasteiger partial charge is 0.248 e. The minimum Gasteiger partial charge on any atom is -0.495 e. The molecule has 3 aromatic rings. The Labute approximate surface area is 169 Å². The summed E-state index contributed by atoms with van der Waals surface area (Å²) < 4.78 is 34.4. The molecule has 1 atom stereocenters. The highest BCUT2D eigenvalue weighted by atomic mass is 35.5. The van der Waals surface area contributed by atoms with Crippen LogP contribution in [0.2, 0.25) is 5.15 Å². The van der Waals surface area contributed by atoms with Crippen LogP contribution in [-0.2, 0) is 10.0 Å². The Kier molecular flexibility index (Phi) is 4.99. The number of methoxy groups -OCH3 is 1. The highest BCUT2D eigenvalue weighted by Crippen LogP contribution is 2.40. The van der Waals surface area contributed by atoms with Gasteiger partial charge in [0.15, 0.2) is 0 Å². The van der Waals surface area contributed by atoms with Gasteiger partial charge in [0.05, 0.1) is 24.4 Å². The molecule has 4 rings (SSSR count). The van der Waals surface area contributed by atoms with E-state index in [4.69, 9.17) is 16.3 Å².